The first-order valence-corrected chi connectivity index (χ1v) is 21.4. The molecule has 0 spiro atoms. The molecule has 3 nitrogen and oxygen atoms in total. The van der Waals surface area contributed by atoms with Crippen molar-refractivity contribution in [2.75, 3.05) is 0 Å². The summed E-state index contributed by atoms with van der Waals surface area (Å²) < 4.78 is 0. The van der Waals surface area contributed by atoms with Gasteiger partial charge in [-0.3, -0.25) is 0 Å². The summed E-state index contributed by atoms with van der Waals surface area (Å²) in [7, 11) is -2.79. The number of hydrogen-bond acceptors (Lipinski definition) is 3. The third kappa shape index (κ3) is 5.45. The summed E-state index contributed by atoms with van der Waals surface area (Å²) in [5.41, 5.74) is 7.69. The van der Waals surface area contributed by atoms with Gasteiger partial charge in [-0.2, -0.15) is 0 Å². The van der Waals surface area contributed by atoms with Crippen molar-refractivity contribution >= 4 is 50.4 Å². The Morgan fingerprint density at radius 2 is 0.772 bits per heavy atom. The first-order chi connectivity index (χ1) is 28.2. The highest BCUT2D eigenvalue weighted by molar-refractivity contribution is 7.22. The summed E-state index contributed by atoms with van der Waals surface area (Å²) in [4.78, 5) is 15.8. The Morgan fingerprint density at radius 1 is 0.281 bits per heavy atom. The first kappa shape index (κ1) is 33.1. The summed E-state index contributed by atoms with van der Waals surface area (Å²) in [6.45, 7) is 0. The van der Waals surface area contributed by atoms with E-state index in [9.17, 15) is 0 Å². The number of rotatable bonds is 6. The van der Waals surface area contributed by atoms with E-state index in [-0.39, 0.29) is 0 Å². The van der Waals surface area contributed by atoms with Gasteiger partial charge in [-0.25, -0.2) is 15.0 Å². The van der Waals surface area contributed by atoms with Crippen LogP contribution in [0, 0.1) is 0 Å². The van der Waals surface area contributed by atoms with Gasteiger partial charge in [0, 0.05) is 16.7 Å². The van der Waals surface area contributed by atoms with Crippen molar-refractivity contribution in [3.63, 3.8) is 0 Å². The maximum atomic E-state index is 5.34. The molecule has 0 aliphatic carbocycles. The molecule has 2 heterocycles. The van der Waals surface area contributed by atoms with Crippen molar-refractivity contribution in [2.24, 2.45) is 0 Å². The molecule has 9 aromatic carbocycles. The van der Waals surface area contributed by atoms with E-state index >= 15 is 0 Å². The van der Waals surface area contributed by atoms with Gasteiger partial charge >= 0.3 is 0 Å². The molecular formula is C53H35N3Si. The Hall–Kier alpha value is -7.27. The molecule has 4 heteroatoms. The normalized spacial score (nSPS) is 12.7. The van der Waals surface area contributed by atoms with Gasteiger partial charge in [0.2, 0.25) is 0 Å². The monoisotopic (exact) mass is 741 g/mol. The first-order valence-electron chi connectivity index (χ1n) is 19.4. The smallest absolute Gasteiger partial charge is 0.180 e. The number of benzene rings is 9. The van der Waals surface area contributed by atoms with Gasteiger partial charge in [0.05, 0.1) is 0 Å². The average molecular weight is 742 g/mol. The number of fused-ring (bicyclic) bond motifs is 5. The molecule has 0 atom stereocenters. The molecule has 10 aromatic rings. The fourth-order valence-corrected chi connectivity index (χ4v) is 14.1. The largest absolute Gasteiger partial charge is 0.208 e. The van der Waals surface area contributed by atoms with Crippen LogP contribution in [0.3, 0.4) is 0 Å². The molecule has 0 unspecified atom stereocenters. The van der Waals surface area contributed by atoms with Crippen LogP contribution in [0.15, 0.2) is 212 Å². The summed E-state index contributed by atoms with van der Waals surface area (Å²) >= 11 is 0. The van der Waals surface area contributed by atoms with Gasteiger partial charge in [-0.15, -0.1) is 0 Å². The van der Waals surface area contributed by atoms with Gasteiger partial charge in [-0.05, 0) is 76.7 Å². The Labute approximate surface area is 332 Å². The lowest BCUT2D eigenvalue weighted by Crippen LogP contribution is -2.72. The molecule has 1 aliphatic rings. The minimum absolute atomic E-state index is 0.646. The zero-order valence-corrected chi connectivity index (χ0v) is 32.0. The SMILES string of the molecule is c1ccc(-c2nc(-c3ccc(-c4ccc5ccccc5c4)cc3)nc(-c3cccc4c3-c3cc5ccccc5cc3[Si]4(c3ccccc3)c3ccccc3)n2)cc1. The number of nitrogens with zero attached hydrogens (tertiary/aromatic N) is 3. The van der Waals surface area contributed by atoms with Gasteiger partial charge in [0.25, 0.3) is 0 Å². The van der Waals surface area contributed by atoms with E-state index in [0.717, 1.165) is 22.3 Å². The van der Waals surface area contributed by atoms with Crippen LogP contribution >= 0.6 is 0 Å². The summed E-state index contributed by atoms with van der Waals surface area (Å²) in [5.74, 6) is 1.96. The molecular weight excluding hydrogens is 707 g/mol. The van der Waals surface area contributed by atoms with Crippen molar-refractivity contribution in [1.29, 1.82) is 0 Å². The molecule has 11 rings (SSSR count). The molecule has 57 heavy (non-hydrogen) atoms. The van der Waals surface area contributed by atoms with E-state index in [2.05, 4.69) is 194 Å². The summed E-state index contributed by atoms with van der Waals surface area (Å²) in [6.07, 6.45) is 0. The fourth-order valence-electron chi connectivity index (χ4n) is 8.93. The van der Waals surface area contributed by atoms with Crippen LogP contribution in [0.5, 0.6) is 0 Å². The van der Waals surface area contributed by atoms with Crippen LogP contribution in [0.4, 0.5) is 0 Å². The van der Waals surface area contributed by atoms with Crippen molar-refractivity contribution in [1.82, 2.24) is 15.0 Å². The quantitative estimate of drug-likeness (QED) is 0.159. The molecule has 1 aliphatic heterocycles. The van der Waals surface area contributed by atoms with Crippen LogP contribution < -0.4 is 20.7 Å². The minimum atomic E-state index is -2.79. The Kier molecular flexibility index (Phi) is 7.83. The van der Waals surface area contributed by atoms with E-state index in [1.165, 1.54) is 59.0 Å². The van der Waals surface area contributed by atoms with Crippen LogP contribution in [0.1, 0.15) is 0 Å². The van der Waals surface area contributed by atoms with Gasteiger partial charge in [-0.1, -0.05) is 200 Å². The minimum Gasteiger partial charge on any atom is -0.208 e. The van der Waals surface area contributed by atoms with E-state index in [4.69, 9.17) is 15.0 Å². The van der Waals surface area contributed by atoms with Crippen molar-refractivity contribution < 1.29 is 0 Å². The molecule has 0 amide bonds. The predicted octanol–water partition coefficient (Wildman–Crippen LogP) is 10.2. The second kappa shape index (κ2) is 13.5. The van der Waals surface area contributed by atoms with E-state index < -0.39 is 8.07 Å². The van der Waals surface area contributed by atoms with Crippen molar-refractivity contribution in [2.45, 2.75) is 0 Å². The highest BCUT2D eigenvalue weighted by Gasteiger charge is 2.49. The van der Waals surface area contributed by atoms with E-state index in [0.29, 0.717) is 17.5 Å². The second-order valence-electron chi connectivity index (χ2n) is 14.8. The number of hydrogen-bond donors (Lipinski definition) is 0. The molecule has 0 bridgehead atoms. The second-order valence-corrected chi connectivity index (χ2v) is 18.5. The van der Waals surface area contributed by atoms with Crippen molar-refractivity contribution in [3.05, 3.63) is 212 Å². The lowest BCUT2D eigenvalue weighted by Gasteiger charge is -2.31. The van der Waals surface area contributed by atoms with E-state index in [1.54, 1.807) is 0 Å². The molecule has 1 aromatic heterocycles. The maximum absolute atomic E-state index is 5.34. The van der Waals surface area contributed by atoms with Crippen molar-refractivity contribution in [3.8, 4) is 56.4 Å². The van der Waals surface area contributed by atoms with Crippen LogP contribution in [0.25, 0.3) is 78.0 Å². The zero-order chi connectivity index (χ0) is 37.8. The number of aromatic nitrogens is 3. The molecule has 0 saturated heterocycles. The molecule has 0 radical (unpaired) electrons. The average Bonchev–Trinajstić information content (AvgIpc) is 3.59. The summed E-state index contributed by atoms with van der Waals surface area (Å²) in [5, 5.41) is 10.4. The van der Waals surface area contributed by atoms with Crippen LogP contribution in [-0.4, -0.2) is 23.0 Å². The maximum Gasteiger partial charge on any atom is 0.180 e. The standard InChI is InChI=1S/C53H35N3Si/c1-4-16-38(17-5-1)51-54-52(39-30-27-37(28-31-39)43-32-29-36-15-10-11-18-40(36)33-43)56-53(55-51)46-25-14-26-48-50(46)47-34-41-19-12-13-20-42(41)35-49(47)57(48,44-21-6-2-7-22-44)45-23-8-3-9-24-45/h1-35H. The van der Waals surface area contributed by atoms with E-state index in [1.807, 2.05) is 18.2 Å². The fraction of sp³-hybridized carbons (Fsp3) is 0. The van der Waals surface area contributed by atoms with Crippen LogP contribution in [-0.2, 0) is 0 Å². The molecule has 0 saturated carbocycles. The van der Waals surface area contributed by atoms with Crippen LogP contribution in [0.2, 0.25) is 0 Å². The Balaban J connectivity index is 1.14. The molecule has 266 valence electrons. The van der Waals surface area contributed by atoms with Gasteiger partial charge in [0.15, 0.2) is 25.5 Å². The lowest BCUT2D eigenvalue weighted by atomic mass is 9.96. The zero-order valence-electron chi connectivity index (χ0n) is 31.0. The van der Waals surface area contributed by atoms with Gasteiger partial charge in [0.1, 0.15) is 0 Å². The summed E-state index contributed by atoms with van der Waals surface area (Å²) in [6, 6.07) is 76.7. The molecule has 0 N–H and O–H groups in total. The third-order valence-corrected chi connectivity index (χ3v) is 16.4. The Morgan fingerprint density at radius 3 is 1.42 bits per heavy atom. The highest BCUT2D eigenvalue weighted by atomic mass is 28.3. The molecule has 0 fully saturated rings. The Bertz CT molecular complexity index is 3070. The topological polar surface area (TPSA) is 38.7 Å². The predicted molar refractivity (Wildman–Crippen MR) is 239 cm³/mol. The third-order valence-electron chi connectivity index (χ3n) is 11.6. The van der Waals surface area contributed by atoms with Gasteiger partial charge < -0.3 is 0 Å². The lowest BCUT2D eigenvalue weighted by molar-refractivity contribution is 1.07. The highest BCUT2D eigenvalue weighted by Crippen LogP contribution is 2.38.